The zero-order chi connectivity index (χ0) is 20.4. The highest BCUT2D eigenvalue weighted by Gasteiger charge is 2.39. The van der Waals surface area contributed by atoms with Gasteiger partial charge in [0.05, 0.1) is 28.1 Å². The van der Waals surface area contributed by atoms with Crippen LogP contribution in [0.15, 0.2) is 46.0 Å². The van der Waals surface area contributed by atoms with Gasteiger partial charge in [-0.15, -0.1) is 10.2 Å². The first-order valence-electron chi connectivity index (χ1n) is 8.50. The normalized spacial score (nSPS) is 17.5. The fraction of sp³-hybridized carbons (Fsp3) is 0.316. The van der Waals surface area contributed by atoms with Gasteiger partial charge < -0.3 is 19.2 Å². The first kappa shape index (κ1) is 20.4. The first-order valence-corrected chi connectivity index (χ1v) is 9.25. The minimum absolute atomic E-state index is 0.166. The van der Waals surface area contributed by atoms with Gasteiger partial charge in [-0.3, -0.25) is 0 Å². The summed E-state index contributed by atoms with van der Waals surface area (Å²) >= 11 is 12.7. The maximum absolute atomic E-state index is 12.3. The maximum atomic E-state index is 12.3. The molecule has 1 aromatic carbocycles. The van der Waals surface area contributed by atoms with Gasteiger partial charge in [-0.1, -0.05) is 35.3 Å². The van der Waals surface area contributed by atoms with Crippen LogP contribution in [-0.4, -0.2) is 46.4 Å². The van der Waals surface area contributed by atoms with Gasteiger partial charge in [-0.25, -0.2) is 4.79 Å². The predicted molar refractivity (Wildman–Crippen MR) is 105 cm³/mol. The Balaban J connectivity index is 2.30. The summed E-state index contributed by atoms with van der Waals surface area (Å²) < 4.78 is 10.6. The summed E-state index contributed by atoms with van der Waals surface area (Å²) in [5.74, 6) is -1.55. The van der Waals surface area contributed by atoms with Gasteiger partial charge in [-0.05, 0) is 25.5 Å². The van der Waals surface area contributed by atoms with Gasteiger partial charge >= 0.3 is 5.97 Å². The van der Waals surface area contributed by atoms with E-state index in [0.29, 0.717) is 35.0 Å². The third-order valence-electron chi connectivity index (χ3n) is 4.80. The molecule has 0 radical (unpaired) electrons. The lowest BCUT2D eigenvalue weighted by Gasteiger charge is -2.37. The lowest BCUT2D eigenvalue weighted by molar-refractivity contribution is -0.133. The quantitative estimate of drug-likeness (QED) is 0.743. The predicted octanol–water partition coefficient (Wildman–Crippen LogP) is 4.21. The number of carboxylic acids is 1. The summed E-state index contributed by atoms with van der Waals surface area (Å²) in [5, 5.41) is 18.5. The summed E-state index contributed by atoms with van der Waals surface area (Å²) in [5.41, 5.74) is 2.67. The molecule has 1 aliphatic rings. The standard InChI is InChI=1S/C19H19Cl2N3O4/c1-10-14(18-23-22-9-28-18)16(12-5-4-6-13(20)17(12)21)15(19(25)26)11(2)24(10)7-8-27-3/h4-6,9,16H,7-8H2,1-3H3,(H,25,26). The molecule has 28 heavy (non-hydrogen) atoms. The number of ether oxygens (including phenoxy) is 1. The summed E-state index contributed by atoms with van der Waals surface area (Å²) in [6.07, 6.45) is 1.21. The van der Waals surface area contributed by atoms with Crippen LogP contribution in [0.25, 0.3) is 5.57 Å². The molecule has 1 atom stereocenters. The number of methoxy groups -OCH3 is 1. The molecule has 1 aliphatic heterocycles. The number of carboxylic acid groups (broad SMARTS) is 1. The van der Waals surface area contributed by atoms with Crippen molar-refractivity contribution in [3.63, 3.8) is 0 Å². The zero-order valence-electron chi connectivity index (χ0n) is 15.6. The number of nitrogens with zero attached hydrogens (tertiary/aromatic N) is 3. The van der Waals surface area contributed by atoms with E-state index in [9.17, 15) is 9.90 Å². The number of hydrogen-bond donors (Lipinski definition) is 1. The van der Waals surface area contributed by atoms with Crippen LogP contribution in [0, 0.1) is 0 Å². The molecule has 2 aromatic rings. The van der Waals surface area contributed by atoms with Crippen LogP contribution in [0.4, 0.5) is 0 Å². The average molecular weight is 424 g/mol. The van der Waals surface area contributed by atoms with Crippen molar-refractivity contribution in [3.05, 3.63) is 63.1 Å². The Bertz CT molecular complexity index is 954. The van der Waals surface area contributed by atoms with Crippen molar-refractivity contribution in [1.82, 2.24) is 15.1 Å². The minimum Gasteiger partial charge on any atom is -0.478 e. The van der Waals surface area contributed by atoms with E-state index in [1.807, 2.05) is 11.8 Å². The summed E-state index contributed by atoms with van der Waals surface area (Å²) in [7, 11) is 1.59. The van der Waals surface area contributed by atoms with Crippen molar-refractivity contribution in [2.75, 3.05) is 20.3 Å². The Kier molecular flexibility index (Phi) is 6.07. The van der Waals surface area contributed by atoms with Crippen molar-refractivity contribution in [1.29, 1.82) is 0 Å². The van der Waals surface area contributed by atoms with Crippen molar-refractivity contribution in [2.45, 2.75) is 19.8 Å². The smallest absolute Gasteiger partial charge is 0.334 e. The monoisotopic (exact) mass is 423 g/mol. The molecule has 0 saturated heterocycles. The van der Waals surface area contributed by atoms with E-state index in [1.165, 1.54) is 6.39 Å². The van der Waals surface area contributed by atoms with E-state index in [4.69, 9.17) is 32.4 Å². The molecule has 148 valence electrons. The molecule has 0 saturated carbocycles. The first-order chi connectivity index (χ1) is 13.4. The molecular weight excluding hydrogens is 405 g/mol. The average Bonchev–Trinajstić information content (AvgIpc) is 3.17. The van der Waals surface area contributed by atoms with Gasteiger partial charge in [0.2, 0.25) is 12.3 Å². The van der Waals surface area contributed by atoms with Gasteiger partial charge in [0.25, 0.3) is 0 Å². The van der Waals surface area contributed by atoms with Crippen LogP contribution in [-0.2, 0) is 9.53 Å². The molecule has 7 nitrogen and oxygen atoms in total. The molecule has 1 aromatic heterocycles. The topological polar surface area (TPSA) is 88.7 Å². The second-order valence-electron chi connectivity index (χ2n) is 6.27. The van der Waals surface area contributed by atoms with Gasteiger partial charge in [0, 0.05) is 30.6 Å². The number of allylic oxidation sites excluding steroid dienone is 3. The molecule has 9 heteroatoms. The largest absolute Gasteiger partial charge is 0.478 e. The highest BCUT2D eigenvalue weighted by molar-refractivity contribution is 6.42. The third kappa shape index (κ3) is 3.53. The van der Waals surface area contributed by atoms with Gasteiger partial charge in [0.1, 0.15) is 0 Å². The molecule has 0 spiro atoms. The van der Waals surface area contributed by atoms with Gasteiger partial charge in [-0.2, -0.15) is 0 Å². The molecule has 0 amide bonds. The molecule has 0 aliphatic carbocycles. The van der Waals surface area contributed by atoms with E-state index >= 15 is 0 Å². The zero-order valence-corrected chi connectivity index (χ0v) is 17.1. The molecule has 1 unspecified atom stereocenters. The molecule has 0 fully saturated rings. The van der Waals surface area contributed by atoms with E-state index in [-0.39, 0.29) is 16.5 Å². The van der Waals surface area contributed by atoms with Crippen LogP contribution in [0.1, 0.15) is 31.2 Å². The lowest BCUT2D eigenvalue weighted by Crippen LogP contribution is -2.33. The molecular formula is C19H19Cl2N3O4. The van der Waals surface area contributed by atoms with E-state index in [0.717, 1.165) is 5.70 Å². The second-order valence-corrected chi connectivity index (χ2v) is 7.05. The van der Waals surface area contributed by atoms with Crippen LogP contribution < -0.4 is 0 Å². The highest BCUT2D eigenvalue weighted by atomic mass is 35.5. The number of aliphatic carboxylic acids is 1. The van der Waals surface area contributed by atoms with E-state index in [1.54, 1.807) is 32.2 Å². The number of halogens is 2. The fourth-order valence-corrected chi connectivity index (χ4v) is 3.94. The minimum atomic E-state index is -1.06. The Hall–Kier alpha value is -2.35. The molecule has 2 heterocycles. The maximum Gasteiger partial charge on any atom is 0.334 e. The van der Waals surface area contributed by atoms with Crippen molar-refractivity contribution in [3.8, 4) is 0 Å². The van der Waals surface area contributed by atoms with Crippen LogP contribution >= 0.6 is 23.2 Å². The van der Waals surface area contributed by atoms with Gasteiger partial charge in [0.15, 0.2) is 0 Å². The third-order valence-corrected chi connectivity index (χ3v) is 5.63. The second kappa shape index (κ2) is 8.34. The van der Waals surface area contributed by atoms with Crippen molar-refractivity contribution >= 4 is 34.7 Å². The molecule has 1 N–H and O–H groups in total. The van der Waals surface area contributed by atoms with Crippen molar-refractivity contribution in [2.24, 2.45) is 0 Å². The fourth-order valence-electron chi connectivity index (χ4n) is 3.52. The number of aromatic nitrogens is 2. The molecule has 0 bridgehead atoms. The van der Waals surface area contributed by atoms with Crippen molar-refractivity contribution < 1.29 is 19.1 Å². The summed E-state index contributed by atoms with van der Waals surface area (Å²) in [6.45, 7) is 4.53. The number of rotatable bonds is 6. The number of benzene rings is 1. The van der Waals surface area contributed by atoms with Crippen LogP contribution in [0.2, 0.25) is 10.0 Å². The SMILES string of the molecule is COCCN1C(C)=C(C(=O)O)C(c2cccc(Cl)c2Cl)C(c2nnco2)=C1C. The Morgan fingerprint density at radius 3 is 2.68 bits per heavy atom. The Morgan fingerprint density at radius 1 is 1.32 bits per heavy atom. The number of carbonyl (C=O) groups is 1. The van der Waals surface area contributed by atoms with E-state index in [2.05, 4.69) is 10.2 Å². The molecule has 3 rings (SSSR count). The Morgan fingerprint density at radius 2 is 2.07 bits per heavy atom. The number of hydrogen-bond acceptors (Lipinski definition) is 6. The lowest BCUT2D eigenvalue weighted by atomic mass is 9.79. The van der Waals surface area contributed by atoms with Crippen LogP contribution in [0.3, 0.4) is 0 Å². The summed E-state index contributed by atoms with van der Waals surface area (Å²) in [6, 6.07) is 5.14. The van der Waals surface area contributed by atoms with E-state index < -0.39 is 11.9 Å². The summed E-state index contributed by atoms with van der Waals surface area (Å²) in [4.78, 5) is 14.2. The highest BCUT2D eigenvalue weighted by Crippen LogP contribution is 2.48. The Labute approximate surface area is 172 Å². The van der Waals surface area contributed by atoms with Crippen LogP contribution in [0.5, 0.6) is 0 Å².